The summed E-state index contributed by atoms with van der Waals surface area (Å²) >= 11 is 0. The number of benzene rings is 5. The van der Waals surface area contributed by atoms with Crippen molar-refractivity contribution >= 4 is 45.9 Å². The van der Waals surface area contributed by atoms with E-state index in [4.69, 9.17) is 9.41 Å². The third-order valence-corrected chi connectivity index (χ3v) is 9.10. The molecule has 8 rings (SSSR count). The Kier molecular flexibility index (Phi) is 8.52. The molecule has 0 N–H and O–H groups in total. The van der Waals surface area contributed by atoms with Gasteiger partial charge in [0.25, 0.3) is 0 Å². The van der Waals surface area contributed by atoms with Gasteiger partial charge in [-0.05, 0) is 67.7 Å². The molecule has 5 aromatic carbocycles. The standard InChI is InChI=1S/C43H34N2O.C2H6/c1-28-23-25-32(26-24-28)41(44-30(3)31-13-5-4-6-14-31)42-29(2)35-19-12-20-36(43(35)46-42)33-15-11-16-34(27-33)45-39-21-9-7-17-37(39)38-18-8-10-22-40(38)45;1-2/h4-7,9-17,19-27H,2,8,18H2,1,3H3;1-2H3/b42-41+,44-30?;. The first-order chi connectivity index (χ1) is 23.6. The zero-order chi connectivity index (χ0) is 33.2. The van der Waals surface area contributed by atoms with Gasteiger partial charge in [0.1, 0.15) is 11.3 Å². The van der Waals surface area contributed by atoms with Gasteiger partial charge in [-0.25, -0.2) is 4.99 Å². The van der Waals surface area contributed by atoms with Crippen LogP contribution in [0.25, 0.3) is 57.0 Å². The molecule has 0 atom stereocenters. The second-order valence-electron chi connectivity index (χ2n) is 12.1. The fourth-order valence-corrected chi connectivity index (χ4v) is 6.74. The van der Waals surface area contributed by atoms with Crippen molar-refractivity contribution in [2.24, 2.45) is 4.99 Å². The number of allylic oxidation sites excluding steroid dienone is 1. The number of para-hydroxylation sites is 2. The topological polar surface area (TPSA) is 30.4 Å². The van der Waals surface area contributed by atoms with Crippen molar-refractivity contribution in [2.45, 2.75) is 40.5 Å². The number of hydrogen-bond donors (Lipinski definition) is 0. The number of nitrogens with zero attached hydrogens (tertiary/aromatic N) is 2. The first-order valence-electron chi connectivity index (χ1n) is 16.9. The van der Waals surface area contributed by atoms with Crippen molar-refractivity contribution in [1.29, 1.82) is 0 Å². The Balaban J connectivity index is 0.00000179. The molecule has 236 valence electrons. The fourth-order valence-electron chi connectivity index (χ4n) is 6.74. The zero-order valence-electron chi connectivity index (χ0n) is 28.1. The van der Waals surface area contributed by atoms with Gasteiger partial charge in [0.15, 0.2) is 5.42 Å². The Bertz CT molecular complexity index is 2440. The van der Waals surface area contributed by atoms with Gasteiger partial charge < -0.3 is 8.98 Å². The van der Waals surface area contributed by atoms with Crippen molar-refractivity contribution in [3.05, 3.63) is 166 Å². The van der Waals surface area contributed by atoms with Gasteiger partial charge in [-0.15, -0.1) is 0 Å². The number of fused-ring (bicyclic) bond motifs is 4. The maximum Gasteiger partial charge on any atom is 0.161 e. The van der Waals surface area contributed by atoms with E-state index >= 15 is 0 Å². The van der Waals surface area contributed by atoms with E-state index in [0.29, 0.717) is 5.42 Å². The lowest BCUT2D eigenvalue weighted by Crippen LogP contribution is -2.22. The zero-order valence-corrected chi connectivity index (χ0v) is 28.1. The van der Waals surface area contributed by atoms with Crippen LogP contribution in [0.1, 0.15) is 55.1 Å². The highest BCUT2D eigenvalue weighted by Gasteiger charge is 2.19. The van der Waals surface area contributed by atoms with Crippen LogP contribution in [0.15, 0.2) is 137 Å². The number of rotatable bonds is 5. The van der Waals surface area contributed by atoms with Crippen molar-refractivity contribution in [1.82, 2.24) is 4.57 Å². The average Bonchev–Trinajstić information content (AvgIpc) is 3.67. The first kappa shape index (κ1) is 31.0. The van der Waals surface area contributed by atoms with Crippen LogP contribution in [0.3, 0.4) is 0 Å². The third kappa shape index (κ3) is 5.52. The van der Waals surface area contributed by atoms with Crippen LogP contribution in [0, 0.1) is 6.92 Å². The van der Waals surface area contributed by atoms with E-state index < -0.39 is 0 Å². The number of furan rings is 1. The Labute approximate surface area is 282 Å². The molecule has 0 spiro atoms. The number of aryl methyl sites for hydroxylation is 2. The predicted molar refractivity (Wildman–Crippen MR) is 204 cm³/mol. The number of hydrogen-bond acceptors (Lipinski definition) is 2. The van der Waals surface area contributed by atoms with E-state index in [1.165, 1.54) is 27.7 Å². The summed E-state index contributed by atoms with van der Waals surface area (Å²) in [5, 5.41) is 3.16. The number of aromatic nitrogens is 1. The van der Waals surface area contributed by atoms with E-state index in [1.54, 1.807) is 0 Å². The second-order valence-corrected chi connectivity index (χ2v) is 12.1. The Morgan fingerprint density at radius 3 is 2.31 bits per heavy atom. The molecule has 0 saturated heterocycles. The van der Waals surface area contributed by atoms with Crippen LogP contribution < -0.4 is 10.6 Å². The molecule has 3 heteroatoms. The largest absolute Gasteiger partial charge is 0.453 e. The molecule has 0 unspecified atom stereocenters. The molecule has 0 radical (unpaired) electrons. The Morgan fingerprint density at radius 2 is 1.50 bits per heavy atom. The van der Waals surface area contributed by atoms with Gasteiger partial charge in [-0.1, -0.05) is 135 Å². The SMILES string of the molecule is C=c1/c(=C(\N=C(C)c2ccccc2)c2ccc(C)cc2)oc2c(-c3cccc(-n4c5c(c6ccccc64)CCC=C5)c3)cccc12.CC. The summed E-state index contributed by atoms with van der Waals surface area (Å²) < 4.78 is 9.23. The monoisotopic (exact) mass is 624 g/mol. The van der Waals surface area contributed by atoms with E-state index in [2.05, 4.69) is 133 Å². The normalized spacial score (nSPS) is 13.3. The highest BCUT2D eigenvalue weighted by atomic mass is 16.3. The lowest BCUT2D eigenvalue weighted by Gasteiger charge is -2.13. The average molecular weight is 625 g/mol. The molecule has 0 fully saturated rings. The molecular formula is C45H40N2O. The molecule has 48 heavy (non-hydrogen) atoms. The molecule has 1 aliphatic carbocycles. The summed E-state index contributed by atoms with van der Waals surface area (Å²) in [5.41, 5.74) is 13.6. The minimum absolute atomic E-state index is 0.688. The molecule has 2 heterocycles. The van der Waals surface area contributed by atoms with E-state index in [-0.39, 0.29) is 0 Å². The third-order valence-electron chi connectivity index (χ3n) is 9.10. The number of aliphatic imine (C=N–C) groups is 1. The quantitative estimate of drug-likeness (QED) is 0.175. The maximum absolute atomic E-state index is 6.83. The molecule has 1 aliphatic rings. The molecule has 3 nitrogen and oxygen atoms in total. The van der Waals surface area contributed by atoms with Gasteiger partial charge in [0.2, 0.25) is 0 Å². The molecule has 0 amide bonds. The van der Waals surface area contributed by atoms with Crippen molar-refractivity contribution in [3.63, 3.8) is 0 Å². The smallest absolute Gasteiger partial charge is 0.161 e. The van der Waals surface area contributed by atoms with Crippen LogP contribution >= 0.6 is 0 Å². The van der Waals surface area contributed by atoms with Crippen LogP contribution in [0.4, 0.5) is 0 Å². The summed E-state index contributed by atoms with van der Waals surface area (Å²) in [7, 11) is 0. The van der Waals surface area contributed by atoms with Gasteiger partial charge in [0, 0.05) is 44.2 Å². The summed E-state index contributed by atoms with van der Waals surface area (Å²) in [6, 6.07) is 42.6. The van der Waals surface area contributed by atoms with Gasteiger partial charge in [-0.3, -0.25) is 0 Å². The Morgan fingerprint density at radius 1 is 0.771 bits per heavy atom. The fraction of sp³-hybridized carbons (Fsp3) is 0.133. The summed E-state index contributed by atoms with van der Waals surface area (Å²) in [6.07, 6.45) is 6.70. The van der Waals surface area contributed by atoms with E-state index in [1.807, 2.05) is 39.0 Å². The molecule has 0 bridgehead atoms. The molecule has 2 aromatic heterocycles. The first-order valence-corrected chi connectivity index (χ1v) is 16.9. The summed E-state index contributed by atoms with van der Waals surface area (Å²) in [6.45, 7) is 12.7. The molecular weight excluding hydrogens is 585 g/mol. The maximum atomic E-state index is 6.83. The van der Waals surface area contributed by atoms with Crippen molar-refractivity contribution in [3.8, 4) is 16.8 Å². The summed E-state index contributed by atoms with van der Waals surface area (Å²) in [5.74, 6) is 0. The van der Waals surface area contributed by atoms with E-state index in [9.17, 15) is 0 Å². The Hall–Kier alpha value is -5.67. The van der Waals surface area contributed by atoms with Gasteiger partial charge in [-0.2, -0.15) is 0 Å². The van der Waals surface area contributed by atoms with Crippen molar-refractivity contribution in [2.75, 3.05) is 0 Å². The molecule has 7 aromatic rings. The molecule has 0 aliphatic heterocycles. The lowest BCUT2D eigenvalue weighted by molar-refractivity contribution is 0.572. The predicted octanol–water partition coefficient (Wildman–Crippen LogP) is 10.4. The van der Waals surface area contributed by atoms with Crippen molar-refractivity contribution < 1.29 is 4.42 Å². The second kappa shape index (κ2) is 13.2. The van der Waals surface area contributed by atoms with Crippen LogP contribution in [0.2, 0.25) is 0 Å². The highest BCUT2D eigenvalue weighted by molar-refractivity contribution is 6.02. The summed E-state index contributed by atoms with van der Waals surface area (Å²) in [4.78, 5) is 5.18. The molecule has 0 saturated carbocycles. The highest BCUT2D eigenvalue weighted by Crippen LogP contribution is 2.35. The minimum atomic E-state index is 0.688. The van der Waals surface area contributed by atoms with Gasteiger partial charge >= 0.3 is 0 Å². The van der Waals surface area contributed by atoms with Crippen LogP contribution in [-0.4, -0.2) is 10.3 Å². The van der Waals surface area contributed by atoms with Crippen LogP contribution in [0.5, 0.6) is 0 Å². The van der Waals surface area contributed by atoms with Crippen LogP contribution in [-0.2, 0) is 6.42 Å². The van der Waals surface area contributed by atoms with E-state index in [0.717, 1.165) is 68.4 Å². The van der Waals surface area contributed by atoms with Gasteiger partial charge in [0.05, 0.1) is 5.52 Å². The lowest BCUT2D eigenvalue weighted by atomic mass is 10.0. The minimum Gasteiger partial charge on any atom is -0.453 e.